The van der Waals surface area contributed by atoms with E-state index in [1.54, 1.807) is 6.20 Å². The molecule has 0 unspecified atom stereocenters. The average molecular weight is 401 g/mol. The minimum atomic E-state index is -0.148. The van der Waals surface area contributed by atoms with Crippen LogP contribution in [0.5, 0.6) is 0 Å². The van der Waals surface area contributed by atoms with Gasteiger partial charge in [0.1, 0.15) is 5.82 Å². The molecule has 158 valence electrons. The van der Waals surface area contributed by atoms with Gasteiger partial charge in [0.05, 0.1) is 12.1 Å². The van der Waals surface area contributed by atoms with Crippen LogP contribution in [0.25, 0.3) is 0 Å². The number of rotatable bonds is 6. The average Bonchev–Trinajstić information content (AvgIpc) is 3.19. The number of nitrogens with zero attached hydrogens (tertiary/aromatic N) is 6. The van der Waals surface area contributed by atoms with E-state index in [2.05, 4.69) is 59.5 Å². The van der Waals surface area contributed by atoms with E-state index in [1.165, 1.54) is 0 Å². The van der Waals surface area contributed by atoms with Gasteiger partial charge in [-0.2, -0.15) is 4.98 Å². The first-order chi connectivity index (χ1) is 13.8. The van der Waals surface area contributed by atoms with E-state index in [9.17, 15) is 4.79 Å². The van der Waals surface area contributed by atoms with Crippen LogP contribution in [0.1, 0.15) is 56.7 Å². The summed E-state index contributed by atoms with van der Waals surface area (Å²) in [7, 11) is 0. The highest BCUT2D eigenvalue weighted by Crippen LogP contribution is 2.20. The Morgan fingerprint density at radius 1 is 1.14 bits per heavy atom. The van der Waals surface area contributed by atoms with E-state index >= 15 is 0 Å². The van der Waals surface area contributed by atoms with Crippen LogP contribution in [0.4, 0.5) is 5.82 Å². The summed E-state index contributed by atoms with van der Waals surface area (Å²) in [5.74, 6) is 2.30. The van der Waals surface area contributed by atoms with Crippen LogP contribution < -0.4 is 4.90 Å². The molecular weight excluding hydrogens is 368 g/mol. The third kappa shape index (κ3) is 5.12. The first kappa shape index (κ1) is 21.2. The Balaban J connectivity index is 1.53. The van der Waals surface area contributed by atoms with Crippen LogP contribution in [-0.2, 0) is 12.0 Å². The van der Waals surface area contributed by atoms with Gasteiger partial charge < -0.3 is 14.3 Å². The lowest BCUT2D eigenvalue weighted by Gasteiger charge is -2.34. The van der Waals surface area contributed by atoms with Gasteiger partial charge in [-0.15, -0.1) is 0 Å². The molecule has 0 spiro atoms. The molecule has 1 aliphatic rings. The molecule has 1 aliphatic heterocycles. The topological polar surface area (TPSA) is 78.6 Å². The second-order valence-corrected chi connectivity index (χ2v) is 8.41. The summed E-state index contributed by atoms with van der Waals surface area (Å²) in [6.45, 7) is 15.7. The van der Waals surface area contributed by atoms with E-state index in [-0.39, 0.29) is 11.3 Å². The number of pyridine rings is 1. The fourth-order valence-electron chi connectivity index (χ4n) is 3.36. The minimum Gasteiger partial charge on any atom is -0.357 e. The molecule has 0 N–H and O–H groups in total. The monoisotopic (exact) mass is 400 g/mol. The van der Waals surface area contributed by atoms with Gasteiger partial charge in [0.2, 0.25) is 5.89 Å². The SMILES string of the molecule is CCN(CC)c1ccc(C(=O)N2CCN(Cc3noc(C(C)(C)C)n3)CC2)cn1. The van der Waals surface area contributed by atoms with Crippen molar-refractivity contribution in [3.05, 3.63) is 35.6 Å². The zero-order chi connectivity index (χ0) is 21.0. The number of hydrogen-bond acceptors (Lipinski definition) is 7. The molecule has 0 aromatic carbocycles. The molecule has 2 aromatic heterocycles. The van der Waals surface area contributed by atoms with Crippen molar-refractivity contribution < 1.29 is 9.32 Å². The van der Waals surface area contributed by atoms with E-state index in [1.807, 2.05) is 17.0 Å². The molecule has 8 heteroatoms. The van der Waals surface area contributed by atoms with Gasteiger partial charge in [0.25, 0.3) is 5.91 Å². The summed E-state index contributed by atoms with van der Waals surface area (Å²) in [5, 5.41) is 4.09. The Hall–Kier alpha value is -2.48. The molecule has 0 saturated carbocycles. The molecular formula is C21H32N6O2. The van der Waals surface area contributed by atoms with Gasteiger partial charge >= 0.3 is 0 Å². The molecule has 0 radical (unpaired) electrons. The summed E-state index contributed by atoms with van der Waals surface area (Å²) in [4.78, 5) is 28.1. The predicted octanol–water partition coefficient (Wildman–Crippen LogP) is 2.57. The lowest BCUT2D eigenvalue weighted by molar-refractivity contribution is 0.0624. The number of anilines is 1. The van der Waals surface area contributed by atoms with Crippen LogP contribution in [0.15, 0.2) is 22.9 Å². The van der Waals surface area contributed by atoms with Gasteiger partial charge in [0.15, 0.2) is 5.82 Å². The fraction of sp³-hybridized carbons (Fsp3) is 0.619. The van der Waals surface area contributed by atoms with E-state index in [0.717, 1.165) is 32.0 Å². The maximum atomic E-state index is 12.8. The summed E-state index contributed by atoms with van der Waals surface area (Å²) < 4.78 is 5.37. The van der Waals surface area contributed by atoms with Gasteiger partial charge in [-0.3, -0.25) is 9.69 Å². The molecule has 3 rings (SSSR count). The van der Waals surface area contributed by atoms with Crippen LogP contribution >= 0.6 is 0 Å². The smallest absolute Gasteiger partial charge is 0.255 e. The van der Waals surface area contributed by atoms with Gasteiger partial charge in [-0.25, -0.2) is 4.98 Å². The highest BCUT2D eigenvalue weighted by Gasteiger charge is 2.25. The number of amides is 1. The molecule has 0 atom stereocenters. The highest BCUT2D eigenvalue weighted by molar-refractivity contribution is 5.94. The number of carbonyl (C=O) groups is 1. The van der Waals surface area contributed by atoms with Crippen molar-refractivity contribution in [1.29, 1.82) is 0 Å². The number of aromatic nitrogens is 3. The standard InChI is InChI=1S/C21H32N6O2/c1-6-26(7-2)18-9-8-16(14-22-18)19(28)27-12-10-25(11-13-27)15-17-23-20(29-24-17)21(3,4)5/h8-9,14H,6-7,10-13,15H2,1-5H3. The number of carbonyl (C=O) groups excluding carboxylic acids is 1. The summed E-state index contributed by atoms with van der Waals surface area (Å²) in [6.07, 6.45) is 1.69. The molecule has 1 amide bonds. The largest absolute Gasteiger partial charge is 0.357 e. The van der Waals surface area contributed by atoms with Gasteiger partial charge in [-0.1, -0.05) is 25.9 Å². The Labute approximate surface area is 172 Å². The minimum absolute atomic E-state index is 0.0397. The van der Waals surface area contributed by atoms with E-state index in [0.29, 0.717) is 36.9 Å². The molecule has 1 saturated heterocycles. The Kier molecular flexibility index (Phi) is 6.52. The zero-order valence-corrected chi connectivity index (χ0v) is 18.2. The van der Waals surface area contributed by atoms with Crippen molar-refractivity contribution in [2.45, 2.75) is 46.6 Å². The van der Waals surface area contributed by atoms with Crippen LogP contribution in [0, 0.1) is 0 Å². The maximum absolute atomic E-state index is 12.8. The first-order valence-corrected chi connectivity index (χ1v) is 10.4. The van der Waals surface area contributed by atoms with Gasteiger partial charge in [0, 0.05) is 50.9 Å². The van der Waals surface area contributed by atoms with Crippen molar-refractivity contribution in [3.8, 4) is 0 Å². The summed E-state index contributed by atoms with van der Waals surface area (Å²) in [6, 6.07) is 3.81. The summed E-state index contributed by atoms with van der Waals surface area (Å²) in [5.41, 5.74) is 0.493. The zero-order valence-electron chi connectivity index (χ0n) is 18.2. The highest BCUT2D eigenvalue weighted by atomic mass is 16.5. The lowest BCUT2D eigenvalue weighted by Crippen LogP contribution is -2.48. The van der Waals surface area contributed by atoms with E-state index in [4.69, 9.17) is 4.52 Å². The number of piperazine rings is 1. The molecule has 8 nitrogen and oxygen atoms in total. The molecule has 29 heavy (non-hydrogen) atoms. The van der Waals surface area contributed by atoms with Crippen LogP contribution in [0.3, 0.4) is 0 Å². The van der Waals surface area contributed by atoms with Crippen molar-refractivity contribution >= 4 is 11.7 Å². The molecule has 1 fully saturated rings. The molecule has 3 heterocycles. The molecule has 0 aliphatic carbocycles. The van der Waals surface area contributed by atoms with Crippen molar-refractivity contribution in [3.63, 3.8) is 0 Å². The second-order valence-electron chi connectivity index (χ2n) is 8.41. The van der Waals surface area contributed by atoms with Crippen molar-refractivity contribution in [2.24, 2.45) is 0 Å². The molecule has 0 bridgehead atoms. The first-order valence-electron chi connectivity index (χ1n) is 10.4. The Bertz CT molecular complexity index is 799. The maximum Gasteiger partial charge on any atom is 0.255 e. The van der Waals surface area contributed by atoms with Crippen molar-refractivity contribution in [1.82, 2.24) is 24.9 Å². The van der Waals surface area contributed by atoms with Crippen LogP contribution in [-0.4, -0.2) is 70.1 Å². The third-order valence-electron chi connectivity index (χ3n) is 5.22. The Morgan fingerprint density at radius 3 is 2.34 bits per heavy atom. The Morgan fingerprint density at radius 2 is 1.83 bits per heavy atom. The normalized spacial score (nSPS) is 15.6. The predicted molar refractivity (Wildman–Crippen MR) is 112 cm³/mol. The quantitative estimate of drug-likeness (QED) is 0.737. The second kappa shape index (κ2) is 8.90. The number of hydrogen-bond donors (Lipinski definition) is 0. The molecule has 2 aromatic rings. The third-order valence-corrected chi connectivity index (χ3v) is 5.22. The van der Waals surface area contributed by atoms with Crippen LogP contribution in [0.2, 0.25) is 0 Å². The lowest BCUT2D eigenvalue weighted by atomic mass is 9.97. The van der Waals surface area contributed by atoms with E-state index < -0.39 is 0 Å². The van der Waals surface area contributed by atoms with Gasteiger partial charge in [-0.05, 0) is 26.0 Å². The summed E-state index contributed by atoms with van der Waals surface area (Å²) >= 11 is 0. The van der Waals surface area contributed by atoms with Crippen molar-refractivity contribution in [2.75, 3.05) is 44.2 Å². The fourth-order valence-corrected chi connectivity index (χ4v) is 3.36.